The Kier molecular flexibility index (Phi) is 8.12. The molecule has 31 heavy (non-hydrogen) atoms. The SMILES string of the molecule is C=CCn1c(COc2ccc(CC)cc2)nnc1SCC(=O)Nc1cccc(OC)c1. The van der Waals surface area contributed by atoms with Gasteiger partial charge in [-0.2, -0.15) is 0 Å². The number of allylic oxidation sites excluding steroid dienone is 1. The third-order valence-corrected chi connectivity index (χ3v) is 5.46. The Morgan fingerprint density at radius 2 is 2.00 bits per heavy atom. The molecule has 162 valence electrons. The number of nitrogens with one attached hydrogen (secondary N) is 1. The fraction of sp³-hybridized carbons (Fsp3) is 0.261. The van der Waals surface area contributed by atoms with Gasteiger partial charge in [0.05, 0.1) is 12.9 Å². The number of thioether (sulfide) groups is 1. The maximum absolute atomic E-state index is 12.3. The molecule has 8 heteroatoms. The van der Waals surface area contributed by atoms with Crippen LogP contribution in [0.5, 0.6) is 11.5 Å². The second kappa shape index (κ2) is 11.2. The minimum Gasteiger partial charge on any atom is -0.497 e. The summed E-state index contributed by atoms with van der Waals surface area (Å²) in [6.07, 6.45) is 2.75. The van der Waals surface area contributed by atoms with Crippen molar-refractivity contribution < 1.29 is 14.3 Å². The van der Waals surface area contributed by atoms with Crippen LogP contribution in [-0.2, 0) is 24.4 Å². The quantitative estimate of drug-likeness (QED) is 0.354. The molecule has 7 nitrogen and oxygen atoms in total. The van der Waals surface area contributed by atoms with E-state index in [1.165, 1.54) is 17.3 Å². The predicted molar refractivity (Wildman–Crippen MR) is 123 cm³/mol. The van der Waals surface area contributed by atoms with E-state index >= 15 is 0 Å². The molecular formula is C23H26N4O3S. The van der Waals surface area contributed by atoms with Crippen molar-refractivity contribution in [2.45, 2.75) is 31.7 Å². The number of nitrogens with zero attached hydrogens (tertiary/aromatic N) is 3. The first kappa shape index (κ1) is 22.4. The Hall–Kier alpha value is -3.26. The second-order valence-electron chi connectivity index (χ2n) is 6.65. The normalized spacial score (nSPS) is 10.5. The van der Waals surface area contributed by atoms with E-state index in [-0.39, 0.29) is 18.3 Å². The van der Waals surface area contributed by atoms with E-state index in [0.29, 0.717) is 29.0 Å². The van der Waals surface area contributed by atoms with E-state index in [1.54, 1.807) is 19.3 Å². The minimum absolute atomic E-state index is 0.139. The number of aryl methyl sites for hydroxylation is 1. The van der Waals surface area contributed by atoms with E-state index in [4.69, 9.17) is 9.47 Å². The number of benzene rings is 2. The van der Waals surface area contributed by atoms with E-state index in [1.807, 2.05) is 47.0 Å². The van der Waals surface area contributed by atoms with Gasteiger partial charge in [-0.15, -0.1) is 16.8 Å². The summed E-state index contributed by atoms with van der Waals surface area (Å²) < 4.78 is 12.9. The summed E-state index contributed by atoms with van der Waals surface area (Å²) in [6, 6.07) is 15.2. The second-order valence-corrected chi connectivity index (χ2v) is 7.60. The van der Waals surface area contributed by atoms with Crippen LogP contribution in [0, 0.1) is 0 Å². The van der Waals surface area contributed by atoms with Crippen LogP contribution in [0.3, 0.4) is 0 Å². The minimum atomic E-state index is -0.139. The van der Waals surface area contributed by atoms with Crippen molar-refractivity contribution in [1.82, 2.24) is 14.8 Å². The van der Waals surface area contributed by atoms with Crippen molar-refractivity contribution >= 4 is 23.4 Å². The van der Waals surface area contributed by atoms with Crippen molar-refractivity contribution in [1.29, 1.82) is 0 Å². The number of amides is 1. The number of anilines is 1. The number of carbonyl (C=O) groups is 1. The van der Waals surface area contributed by atoms with Crippen molar-refractivity contribution in [3.05, 3.63) is 72.6 Å². The van der Waals surface area contributed by atoms with E-state index in [9.17, 15) is 4.79 Å². The Morgan fingerprint density at radius 1 is 1.19 bits per heavy atom. The molecule has 1 amide bonds. The Labute approximate surface area is 186 Å². The van der Waals surface area contributed by atoms with Crippen molar-refractivity contribution in [2.24, 2.45) is 0 Å². The van der Waals surface area contributed by atoms with Gasteiger partial charge >= 0.3 is 0 Å². The largest absolute Gasteiger partial charge is 0.497 e. The van der Waals surface area contributed by atoms with Gasteiger partial charge in [-0.3, -0.25) is 9.36 Å². The number of rotatable bonds is 11. The molecule has 3 aromatic rings. The van der Waals surface area contributed by atoms with Crippen LogP contribution < -0.4 is 14.8 Å². The number of ether oxygens (including phenoxy) is 2. The zero-order chi connectivity index (χ0) is 22.1. The third kappa shape index (κ3) is 6.36. The van der Waals surface area contributed by atoms with Gasteiger partial charge in [0.1, 0.15) is 18.1 Å². The maximum Gasteiger partial charge on any atom is 0.234 e. The molecule has 0 saturated heterocycles. The molecule has 1 heterocycles. The summed E-state index contributed by atoms with van der Waals surface area (Å²) >= 11 is 1.31. The molecule has 0 aliphatic rings. The Morgan fingerprint density at radius 3 is 2.71 bits per heavy atom. The summed E-state index contributed by atoms with van der Waals surface area (Å²) in [7, 11) is 1.59. The lowest BCUT2D eigenvalue weighted by Crippen LogP contribution is -2.15. The Bertz CT molecular complexity index is 1020. The average Bonchev–Trinajstić information content (AvgIpc) is 3.18. The lowest BCUT2D eigenvalue weighted by atomic mass is 10.2. The molecular weight excluding hydrogens is 412 g/mol. The average molecular weight is 439 g/mol. The molecule has 1 aromatic heterocycles. The van der Waals surface area contributed by atoms with Crippen molar-refractivity contribution in [3.63, 3.8) is 0 Å². The van der Waals surface area contributed by atoms with Gasteiger partial charge in [0.25, 0.3) is 0 Å². The molecule has 0 aliphatic heterocycles. The monoisotopic (exact) mass is 438 g/mol. The number of hydrogen-bond acceptors (Lipinski definition) is 6. The fourth-order valence-corrected chi connectivity index (χ4v) is 3.61. The van der Waals surface area contributed by atoms with E-state index in [2.05, 4.69) is 29.0 Å². The number of methoxy groups -OCH3 is 1. The van der Waals surface area contributed by atoms with Crippen LogP contribution in [0.2, 0.25) is 0 Å². The topological polar surface area (TPSA) is 78.3 Å². The molecule has 0 unspecified atom stereocenters. The zero-order valence-electron chi connectivity index (χ0n) is 17.7. The van der Waals surface area contributed by atoms with Gasteiger partial charge < -0.3 is 14.8 Å². The van der Waals surface area contributed by atoms with Crippen LogP contribution in [0.1, 0.15) is 18.3 Å². The number of carbonyl (C=O) groups excluding carboxylic acids is 1. The van der Waals surface area contributed by atoms with Gasteiger partial charge in [0, 0.05) is 18.3 Å². The highest BCUT2D eigenvalue weighted by Crippen LogP contribution is 2.21. The summed E-state index contributed by atoms with van der Waals surface area (Å²) in [6.45, 7) is 6.73. The molecule has 0 radical (unpaired) electrons. The highest BCUT2D eigenvalue weighted by molar-refractivity contribution is 7.99. The van der Waals surface area contributed by atoms with Crippen molar-refractivity contribution in [3.8, 4) is 11.5 Å². The van der Waals surface area contributed by atoms with Gasteiger partial charge in [-0.05, 0) is 36.2 Å². The summed E-state index contributed by atoms with van der Waals surface area (Å²) in [5, 5.41) is 12.0. The first-order chi connectivity index (χ1) is 15.1. The molecule has 0 bridgehead atoms. The molecule has 0 spiro atoms. The molecule has 3 rings (SSSR count). The lowest BCUT2D eigenvalue weighted by molar-refractivity contribution is -0.113. The summed E-state index contributed by atoms with van der Waals surface area (Å²) in [5.74, 6) is 2.20. The standard InChI is InChI=1S/C23H26N4O3S/c1-4-13-27-21(15-30-19-11-9-17(5-2)10-12-19)25-26-23(27)31-16-22(28)24-18-7-6-8-20(14-18)29-3/h4,6-12,14H,1,5,13,15-16H2,2-3H3,(H,24,28). The fourth-order valence-electron chi connectivity index (χ4n) is 2.84. The Balaban J connectivity index is 1.59. The highest BCUT2D eigenvalue weighted by atomic mass is 32.2. The summed E-state index contributed by atoms with van der Waals surface area (Å²) in [4.78, 5) is 12.3. The molecule has 0 saturated carbocycles. The van der Waals surface area contributed by atoms with E-state index in [0.717, 1.165) is 12.2 Å². The molecule has 0 aliphatic carbocycles. The van der Waals surface area contributed by atoms with Gasteiger partial charge in [-0.1, -0.05) is 43.0 Å². The van der Waals surface area contributed by atoms with Crippen molar-refractivity contribution in [2.75, 3.05) is 18.2 Å². The molecule has 2 aromatic carbocycles. The first-order valence-corrected chi connectivity index (χ1v) is 10.9. The first-order valence-electron chi connectivity index (χ1n) is 9.94. The smallest absolute Gasteiger partial charge is 0.234 e. The summed E-state index contributed by atoms with van der Waals surface area (Å²) in [5.41, 5.74) is 1.94. The van der Waals surface area contributed by atoms with Crippen LogP contribution in [0.15, 0.2) is 66.3 Å². The van der Waals surface area contributed by atoms with Gasteiger partial charge in [-0.25, -0.2) is 0 Å². The highest BCUT2D eigenvalue weighted by Gasteiger charge is 2.14. The number of hydrogen-bond donors (Lipinski definition) is 1. The number of aromatic nitrogens is 3. The van der Waals surface area contributed by atoms with Gasteiger partial charge in [0.2, 0.25) is 5.91 Å². The zero-order valence-corrected chi connectivity index (χ0v) is 18.5. The predicted octanol–water partition coefficient (Wildman–Crippen LogP) is 4.34. The molecule has 0 atom stereocenters. The van der Waals surface area contributed by atoms with Crippen LogP contribution >= 0.6 is 11.8 Å². The van der Waals surface area contributed by atoms with Crippen LogP contribution in [0.25, 0.3) is 0 Å². The van der Waals surface area contributed by atoms with Crippen LogP contribution in [-0.4, -0.2) is 33.5 Å². The molecule has 1 N–H and O–H groups in total. The van der Waals surface area contributed by atoms with E-state index < -0.39 is 0 Å². The lowest BCUT2D eigenvalue weighted by Gasteiger charge is -2.10. The van der Waals surface area contributed by atoms with Crippen LogP contribution in [0.4, 0.5) is 5.69 Å². The third-order valence-electron chi connectivity index (χ3n) is 4.49. The molecule has 0 fully saturated rings. The maximum atomic E-state index is 12.3. The van der Waals surface area contributed by atoms with Gasteiger partial charge in [0.15, 0.2) is 11.0 Å².